The number of nitrogens with two attached hydrogens (primary N) is 1. The van der Waals surface area contributed by atoms with Crippen molar-refractivity contribution in [3.8, 4) is 5.75 Å². The molecular formula is C19H29N3O4. The van der Waals surface area contributed by atoms with Gasteiger partial charge in [-0.2, -0.15) is 0 Å². The molecule has 0 aliphatic carbocycles. The molecular weight excluding hydrogens is 334 g/mol. The number of aromatic hydroxyl groups is 1. The second kappa shape index (κ2) is 9.00. The summed E-state index contributed by atoms with van der Waals surface area (Å²) in [5.41, 5.74) is 6.41. The summed E-state index contributed by atoms with van der Waals surface area (Å²) >= 11 is 0. The third kappa shape index (κ3) is 4.95. The number of hydrogen-bond acceptors (Lipinski definition) is 5. The zero-order valence-corrected chi connectivity index (χ0v) is 15.4. The Kier molecular flexibility index (Phi) is 6.99. The van der Waals surface area contributed by atoms with Gasteiger partial charge < -0.3 is 21.3 Å². The summed E-state index contributed by atoms with van der Waals surface area (Å²) < 4.78 is 0. The van der Waals surface area contributed by atoms with Crippen molar-refractivity contribution < 1.29 is 19.8 Å². The molecule has 1 aromatic rings. The zero-order valence-electron chi connectivity index (χ0n) is 15.4. The average Bonchev–Trinajstić information content (AvgIpc) is 2.60. The first-order valence-corrected chi connectivity index (χ1v) is 9.08. The SMILES string of the molecule is C[C@@H]1CCN(CCC(=O)N[C@@H](CN)C(=O)O)C(c2cccc(O)c2)[C@@H]1C. The summed E-state index contributed by atoms with van der Waals surface area (Å²) in [6.45, 7) is 5.67. The number of phenols is 1. The van der Waals surface area contributed by atoms with Gasteiger partial charge in [-0.25, -0.2) is 4.79 Å². The number of amides is 1. The number of hydrogen-bond donors (Lipinski definition) is 4. The maximum Gasteiger partial charge on any atom is 0.327 e. The Hall–Kier alpha value is -2.12. The molecule has 0 saturated carbocycles. The lowest BCUT2D eigenvalue weighted by Gasteiger charge is -2.43. The third-order valence-corrected chi connectivity index (χ3v) is 5.37. The van der Waals surface area contributed by atoms with Crippen LogP contribution in [0.15, 0.2) is 24.3 Å². The van der Waals surface area contributed by atoms with Gasteiger partial charge in [0.2, 0.25) is 5.91 Å². The monoisotopic (exact) mass is 363 g/mol. The van der Waals surface area contributed by atoms with Crippen LogP contribution in [0, 0.1) is 11.8 Å². The number of carbonyl (C=O) groups is 2. The van der Waals surface area contributed by atoms with Crippen LogP contribution in [0.3, 0.4) is 0 Å². The third-order valence-electron chi connectivity index (χ3n) is 5.37. The molecule has 7 nitrogen and oxygen atoms in total. The van der Waals surface area contributed by atoms with E-state index in [9.17, 15) is 14.7 Å². The molecule has 1 aromatic carbocycles. The highest BCUT2D eigenvalue weighted by Gasteiger charge is 2.34. The Morgan fingerprint density at radius 1 is 1.38 bits per heavy atom. The Balaban J connectivity index is 2.06. The maximum absolute atomic E-state index is 12.1. The molecule has 1 saturated heterocycles. The first-order chi connectivity index (χ1) is 12.3. The van der Waals surface area contributed by atoms with Gasteiger partial charge in [0.15, 0.2) is 0 Å². The van der Waals surface area contributed by atoms with Crippen molar-refractivity contribution in [1.82, 2.24) is 10.2 Å². The number of benzene rings is 1. The molecule has 144 valence electrons. The van der Waals surface area contributed by atoms with E-state index in [1.165, 1.54) is 0 Å². The van der Waals surface area contributed by atoms with Gasteiger partial charge in [-0.15, -0.1) is 0 Å². The van der Waals surface area contributed by atoms with E-state index in [0.29, 0.717) is 18.4 Å². The number of phenolic OH excluding ortho intramolecular Hbond substituents is 1. The molecule has 5 N–H and O–H groups in total. The predicted molar refractivity (Wildman–Crippen MR) is 98.6 cm³/mol. The van der Waals surface area contributed by atoms with Crippen LogP contribution in [0.1, 0.15) is 38.3 Å². The van der Waals surface area contributed by atoms with E-state index in [1.807, 2.05) is 12.1 Å². The fraction of sp³-hybridized carbons (Fsp3) is 0.579. The number of nitrogens with zero attached hydrogens (tertiary/aromatic N) is 1. The summed E-state index contributed by atoms with van der Waals surface area (Å²) in [7, 11) is 0. The van der Waals surface area contributed by atoms with Crippen molar-refractivity contribution in [3.05, 3.63) is 29.8 Å². The van der Waals surface area contributed by atoms with Crippen molar-refractivity contribution in [2.75, 3.05) is 19.6 Å². The van der Waals surface area contributed by atoms with Crippen LogP contribution in [0.25, 0.3) is 0 Å². The topological polar surface area (TPSA) is 116 Å². The number of piperidine rings is 1. The van der Waals surface area contributed by atoms with E-state index >= 15 is 0 Å². The lowest BCUT2D eigenvalue weighted by Crippen LogP contribution is -2.47. The second-order valence-corrected chi connectivity index (χ2v) is 7.14. The van der Waals surface area contributed by atoms with Gasteiger partial charge in [0.25, 0.3) is 0 Å². The highest BCUT2D eigenvalue weighted by molar-refractivity contribution is 5.83. The molecule has 1 heterocycles. The van der Waals surface area contributed by atoms with Crippen LogP contribution < -0.4 is 11.1 Å². The van der Waals surface area contributed by atoms with Gasteiger partial charge >= 0.3 is 5.97 Å². The highest BCUT2D eigenvalue weighted by atomic mass is 16.4. The minimum absolute atomic E-state index is 0.114. The number of aliphatic carboxylic acids is 1. The van der Waals surface area contributed by atoms with Crippen LogP contribution in [-0.4, -0.2) is 52.7 Å². The van der Waals surface area contributed by atoms with Gasteiger partial charge in [-0.3, -0.25) is 9.69 Å². The lowest BCUT2D eigenvalue weighted by atomic mass is 9.79. The zero-order chi connectivity index (χ0) is 19.3. The molecule has 4 atom stereocenters. The smallest absolute Gasteiger partial charge is 0.327 e. The lowest BCUT2D eigenvalue weighted by molar-refractivity contribution is -0.141. The van der Waals surface area contributed by atoms with Crippen LogP contribution in [0.4, 0.5) is 0 Å². The maximum atomic E-state index is 12.1. The molecule has 0 bridgehead atoms. The number of carboxylic acid groups (broad SMARTS) is 1. The standard InChI is InChI=1S/C19H29N3O4/c1-12-6-8-22(9-7-17(24)21-16(11-20)19(25)26)18(13(12)2)14-4-3-5-15(23)10-14/h3-5,10,12-13,16,18,23H,6-9,11,20H2,1-2H3,(H,21,24)(H,25,26)/t12-,13-,16+,18?/m1/s1. The Morgan fingerprint density at radius 3 is 2.73 bits per heavy atom. The molecule has 0 radical (unpaired) electrons. The summed E-state index contributed by atoms with van der Waals surface area (Å²) in [6, 6.07) is 6.33. The first-order valence-electron chi connectivity index (χ1n) is 9.08. The summed E-state index contributed by atoms with van der Waals surface area (Å²) in [5.74, 6) is -0.286. The summed E-state index contributed by atoms with van der Waals surface area (Å²) in [6.07, 6.45) is 1.25. The van der Waals surface area contributed by atoms with Gasteiger partial charge in [-0.1, -0.05) is 26.0 Å². The van der Waals surface area contributed by atoms with Crippen molar-refractivity contribution in [3.63, 3.8) is 0 Å². The van der Waals surface area contributed by atoms with E-state index in [-0.39, 0.29) is 30.7 Å². The Morgan fingerprint density at radius 2 is 2.12 bits per heavy atom. The normalized spacial score (nSPS) is 24.8. The summed E-state index contributed by atoms with van der Waals surface area (Å²) in [5, 5.41) is 21.3. The summed E-state index contributed by atoms with van der Waals surface area (Å²) in [4.78, 5) is 25.3. The van der Waals surface area contributed by atoms with Gasteiger partial charge in [0.1, 0.15) is 11.8 Å². The number of carboxylic acids is 1. The molecule has 0 spiro atoms. The first kappa shape index (κ1) is 20.2. The largest absolute Gasteiger partial charge is 0.508 e. The van der Waals surface area contributed by atoms with Gasteiger partial charge in [-0.05, 0) is 42.5 Å². The van der Waals surface area contributed by atoms with Crippen LogP contribution in [0.5, 0.6) is 5.75 Å². The molecule has 1 fully saturated rings. The Labute approximate surface area is 154 Å². The van der Waals surface area contributed by atoms with Crippen molar-refractivity contribution in [1.29, 1.82) is 0 Å². The number of likely N-dealkylation sites (tertiary alicyclic amines) is 1. The van der Waals surface area contributed by atoms with Crippen molar-refractivity contribution in [2.24, 2.45) is 17.6 Å². The van der Waals surface area contributed by atoms with E-state index in [1.54, 1.807) is 12.1 Å². The van der Waals surface area contributed by atoms with Crippen LogP contribution >= 0.6 is 0 Å². The number of nitrogens with one attached hydrogen (secondary N) is 1. The fourth-order valence-electron chi connectivity index (χ4n) is 3.62. The van der Waals surface area contributed by atoms with E-state index in [0.717, 1.165) is 18.5 Å². The van der Waals surface area contributed by atoms with Gasteiger partial charge in [0, 0.05) is 25.6 Å². The Bertz CT molecular complexity index is 637. The van der Waals surface area contributed by atoms with Crippen LogP contribution in [0.2, 0.25) is 0 Å². The van der Waals surface area contributed by atoms with Crippen molar-refractivity contribution >= 4 is 11.9 Å². The van der Waals surface area contributed by atoms with E-state index in [2.05, 4.69) is 24.1 Å². The molecule has 7 heteroatoms. The van der Waals surface area contributed by atoms with Crippen molar-refractivity contribution in [2.45, 2.75) is 38.8 Å². The fourth-order valence-corrected chi connectivity index (χ4v) is 3.62. The van der Waals surface area contributed by atoms with Gasteiger partial charge in [0.05, 0.1) is 0 Å². The molecule has 2 rings (SSSR count). The van der Waals surface area contributed by atoms with E-state index < -0.39 is 12.0 Å². The molecule has 1 amide bonds. The molecule has 26 heavy (non-hydrogen) atoms. The van der Waals surface area contributed by atoms with E-state index in [4.69, 9.17) is 10.8 Å². The molecule has 1 aliphatic rings. The molecule has 0 aromatic heterocycles. The second-order valence-electron chi connectivity index (χ2n) is 7.14. The minimum atomic E-state index is -1.13. The number of rotatable bonds is 7. The molecule has 1 aliphatic heterocycles. The van der Waals surface area contributed by atoms with Crippen LogP contribution in [-0.2, 0) is 9.59 Å². The minimum Gasteiger partial charge on any atom is -0.508 e. The molecule has 1 unspecified atom stereocenters. The predicted octanol–water partition coefficient (Wildman–Crippen LogP) is 1.33. The quantitative estimate of drug-likeness (QED) is 0.581. The highest BCUT2D eigenvalue weighted by Crippen LogP contribution is 2.39. The number of carbonyl (C=O) groups excluding carboxylic acids is 1. The average molecular weight is 363 g/mol.